The lowest BCUT2D eigenvalue weighted by Gasteiger charge is -2.05. The van der Waals surface area contributed by atoms with Crippen molar-refractivity contribution in [3.05, 3.63) is 57.5 Å². The maximum Gasteiger partial charge on any atom is 0.274 e. The fourth-order valence-corrected chi connectivity index (χ4v) is 1.44. The van der Waals surface area contributed by atoms with Crippen LogP contribution in [0.4, 0.5) is 21.6 Å². The van der Waals surface area contributed by atoms with Gasteiger partial charge in [-0.2, -0.15) is 0 Å². The van der Waals surface area contributed by atoms with Crippen LogP contribution in [-0.2, 0) is 0 Å². The lowest BCUT2D eigenvalue weighted by molar-refractivity contribution is -0.384. The lowest BCUT2D eigenvalue weighted by Crippen LogP contribution is -1.96. The van der Waals surface area contributed by atoms with E-state index in [9.17, 15) is 14.5 Å². The van der Waals surface area contributed by atoms with Crippen molar-refractivity contribution in [2.24, 2.45) is 0 Å². The number of nitrogens with zero attached hydrogens (tertiary/aromatic N) is 2. The minimum Gasteiger partial charge on any atom is -0.340 e. The van der Waals surface area contributed by atoms with Crippen LogP contribution in [0.1, 0.15) is 0 Å². The van der Waals surface area contributed by atoms with E-state index in [1.165, 1.54) is 30.5 Å². The van der Waals surface area contributed by atoms with Gasteiger partial charge in [0.05, 0.1) is 16.0 Å². The van der Waals surface area contributed by atoms with E-state index in [4.69, 9.17) is 11.6 Å². The van der Waals surface area contributed by atoms with Gasteiger partial charge in [-0.05, 0) is 18.2 Å². The second-order valence-electron chi connectivity index (χ2n) is 3.41. The number of aromatic nitrogens is 1. The third-order valence-electron chi connectivity index (χ3n) is 2.15. The molecule has 2 rings (SSSR count). The van der Waals surface area contributed by atoms with Crippen molar-refractivity contribution in [3.8, 4) is 0 Å². The molecule has 0 saturated heterocycles. The van der Waals surface area contributed by atoms with Gasteiger partial charge in [0.2, 0.25) is 0 Å². The van der Waals surface area contributed by atoms with Crippen LogP contribution in [0.25, 0.3) is 0 Å². The molecule has 0 fully saturated rings. The van der Waals surface area contributed by atoms with Crippen molar-refractivity contribution >= 4 is 28.8 Å². The average molecular weight is 268 g/mol. The van der Waals surface area contributed by atoms with E-state index in [2.05, 4.69) is 10.3 Å². The van der Waals surface area contributed by atoms with E-state index in [1.54, 1.807) is 6.07 Å². The zero-order valence-corrected chi connectivity index (χ0v) is 9.69. The molecule has 0 aliphatic rings. The van der Waals surface area contributed by atoms with Gasteiger partial charge in [-0.3, -0.25) is 10.1 Å². The van der Waals surface area contributed by atoms with Crippen molar-refractivity contribution in [2.75, 3.05) is 5.32 Å². The van der Waals surface area contributed by atoms with Crippen LogP contribution in [0.3, 0.4) is 0 Å². The summed E-state index contributed by atoms with van der Waals surface area (Å²) in [5.41, 5.74) is 0.312. The van der Waals surface area contributed by atoms with Gasteiger partial charge in [-0.25, -0.2) is 9.37 Å². The quantitative estimate of drug-likeness (QED) is 0.682. The second-order valence-corrected chi connectivity index (χ2v) is 3.82. The number of halogens is 2. The molecule has 2 aromatic rings. The van der Waals surface area contributed by atoms with E-state index >= 15 is 0 Å². The zero-order chi connectivity index (χ0) is 13.1. The van der Waals surface area contributed by atoms with Gasteiger partial charge in [0.25, 0.3) is 5.69 Å². The van der Waals surface area contributed by atoms with Crippen molar-refractivity contribution in [2.45, 2.75) is 0 Å². The fraction of sp³-hybridized carbons (Fsp3) is 0. The molecule has 1 aromatic carbocycles. The number of pyridine rings is 1. The third kappa shape index (κ3) is 2.72. The maximum absolute atomic E-state index is 13.2. The van der Waals surface area contributed by atoms with Gasteiger partial charge in [0.15, 0.2) is 0 Å². The summed E-state index contributed by atoms with van der Waals surface area (Å²) in [7, 11) is 0. The fourth-order valence-electron chi connectivity index (χ4n) is 1.32. The standard InChI is InChI=1S/C11H7ClFN3O2/c12-9-2-1-7(5-10(9)13)15-11-6-8(16(17)18)3-4-14-11/h1-6H,(H,14,15). The van der Waals surface area contributed by atoms with Crippen molar-refractivity contribution in [3.63, 3.8) is 0 Å². The number of benzene rings is 1. The molecule has 0 aliphatic heterocycles. The minimum absolute atomic E-state index is 0.00699. The molecule has 5 nitrogen and oxygen atoms in total. The first-order valence-electron chi connectivity index (χ1n) is 4.89. The number of anilines is 2. The summed E-state index contributed by atoms with van der Waals surface area (Å²) >= 11 is 5.54. The summed E-state index contributed by atoms with van der Waals surface area (Å²) in [5, 5.41) is 13.3. The van der Waals surface area contributed by atoms with Crippen LogP contribution in [0.5, 0.6) is 0 Å². The average Bonchev–Trinajstić information content (AvgIpc) is 2.34. The number of nitrogens with one attached hydrogen (secondary N) is 1. The molecule has 0 saturated carbocycles. The Morgan fingerprint density at radius 2 is 2.11 bits per heavy atom. The first-order valence-corrected chi connectivity index (χ1v) is 5.26. The summed E-state index contributed by atoms with van der Waals surface area (Å²) in [6.45, 7) is 0. The third-order valence-corrected chi connectivity index (χ3v) is 2.45. The normalized spacial score (nSPS) is 10.1. The Balaban J connectivity index is 2.25. The van der Waals surface area contributed by atoms with Crippen LogP contribution < -0.4 is 5.32 Å². The Kier molecular flexibility index (Phi) is 3.38. The predicted molar refractivity (Wildman–Crippen MR) is 65.6 cm³/mol. The van der Waals surface area contributed by atoms with E-state index in [0.717, 1.165) is 0 Å². The van der Waals surface area contributed by atoms with Crippen LogP contribution in [0.15, 0.2) is 36.5 Å². The second kappa shape index (κ2) is 4.97. The summed E-state index contributed by atoms with van der Waals surface area (Å²) in [5.74, 6) is -0.321. The molecule has 0 spiro atoms. The van der Waals surface area contributed by atoms with E-state index < -0.39 is 10.7 Å². The predicted octanol–water partition coefficient (Wildman–Crippen LogP) is 3.53. The number of rotatable bonds is 3. The smallest absolute Gasteiger partial charge is 0.274 e. The molecular formula is C11H7ClFN3O2. The molecule has 18 heavy (non-hydrogen) atoms. The topological polar surface area (TPSA) is 68.1 Å². The monoisotopic (exact) mass is 267 g/mol. The summed E-state index contributed by atoms with van der Waals surface area (Å²) in [6, 6.07) is 6.64. The highest BCUT2D eigenvalue weighted by Crippen LogP contribution is 2.22. The molecule has 0 bridgehead atoms. The van der Waals surface area contributed by atoms with Crippen LogP contribution >= 0.6 is 11.6 Å². The Bertz CT molecular complexity index is 607. The molecule has 1 aromatic heterocycles. The van der Waals surface area contributed by atoms with Crippen LogP contribution in [0, 0.1) is 15.9 Å². The van der Waals surface area contributed by atoms with Crippen LogP contribution in [0.2, 0.25) is 5.02 Å². The molecule has 92 valence electrons. The lowest BCUT2D eigenvalue weighted by atomic mass is 10.3. The highest BCUT2D eigenvalue weighted by Gasteiger charge is 2.07. The highest BCUT2D eigenvalue weighted by atomic mass is 35.5. The SMILES string of the molecule is O=[N+]([O-])c1ccnc(Nc2ccc(Cl)c(F)c2)c1. The molecule has 0 aliphatic carbocycles. The highest BCUT2D eigenvalue weighted by molar-refractivity contribution is 6.30. The van der Waals surface area contributed by atoms with E-state index in [1.807, 2.05) is 0 Å². The molecular weight excluding hydrogens is 261 g/mol. The summed E-state index contributed by atoms with van der Waals surface area (Å²) in [6.07, 6.45) is 1.30. The number of hydrogen-bond donors (Lipinski definition) is 1. The molecule has 7 heteroatoms. The minimum atomic E-state index is -0.577. The Morgan fingerprint density at radius 1 is 1.33 bits per heavy atom. The number of hydrogen-bond acceptors (Lipinski definition) is 4. The molecule has 0 amide bonds. The molecule has 0 unspecified atom stereocenters. The Labute approximate surface area is 106 Å². The summed E-state index contributed by atoms with van der Waals surface area (Å²) in [4.78, 5) is 13.9. The molecule has 1 N–H and O–H groups in total. The van der Waals surface area contributed by atoms with E-state index in [-0.39, 0.29) is 16.5 Å². The first-order chi connectivity index (χ1) is 8.56. The van der Waals surface area contributed by atoms with Crippen molar-refractivity contribution in [1.29, 1.82) is 0 Å². The maximum atomic E-state index is 13.2. The molecule has 0 radical (unpaired) electrons. The molecule has 0 atom stereocenters. The van der Waals surface area contributed by atoms with Gasteiger partial charge >= 0.3 is 0 Å². The van der Waals surface area contributed by atoms with Gasteiger partial charge < -0.3 is 5.32 Å². The van der Waals surface area contributed by atoms with Crippen molar-refractivity contribution in [1.82, 2.24) is 4.98 Å². The Morgan fingerprint density at radius 3 is 2.78 bits per heavy atom. The van der Waals surface area contributed by atoms with Crippen molar-refractivity contribution < 1.29 is 9.31 Å². The molecule has 1 heterocycles. The summed E-state index contributed by atoms with van der Waals surface area (Å²) < 4.78 is 13.2. The van der Waals surface area contributed by atoms with Gasteiger partial charge in [0.1, 0.15) is 11.6 Å². The zero-order valence-electron chi connectivity index (χ0n) is 8.93. The van der Waals surface area contributed by atoms with E-state index in [0.29, 0.717) is 5.69 Å². The van der Waals surface area contributed by atoms with Gasteiger partial charge in [-0.1, -0.05) is 11.6 Å². The Hall–Kier alpha value is -2.21. The van der Waals surface area contributed by atoms with Gasteiger partial charge in [-0.15, -0.1) is 0 Å². The van der Waals surface area contributed by atoms with Gasteiger partial charge in [0, 0.05) is 18.0 Å². The van der Waals surface area contributed by atoms with Crippen LogP contribution in [-0.4, -0.2) is 9.91 Å². The largest absolute Gasteiger partial charge is 0.340 e. The first kappa shape index (κ1) is 12.3. The number of nitro groups is 1.